The Balaban J connectivity index is 1.57. The molecule has 0 saturated carbocycles. The lowest BCUT2D eigenvalue weighted by Gasteiger charge is -2.25. The van der Waals surface area contributed by atoms with Crippen molar-refractivity contribution in [3.63, 3.8) is 0 Å². The molecular formula is C37H27O2P. The monoisotopic (exact) mass is 534 g/mol. The molecule has 0 atom stereocenters. The third kappa shape index (κ3) is 4.22. The van der Waals surface area contributed by atoms with Gasteiger partial charge in [-0.3, -0.25) is 4.79 Å². The Morgan fingerprint density at radius 1 is 0.600 bits per heavy atom. The molecule has 2 nitrogen and oxygen atoms in total. The number of aryl methyl sites for hydroxylation is 1. The molecule has 3 heteroatoms. The van der Waals surface area contributed by atoms with Crippen molar-refractivity contribution < 1.29 is 9.90 Å². The first-order chi connectivity index (χ1) is 19.7. The largest absolute Gasteiger partial charge is 0.481 e. The summed E-state index contributed by atoms with van der Waals surface area (Å²) in [5, 5.41) is 20.8. The van der Waals surface area contributed by atoms with E-state index in [1.54, 1.807) is 0 Å². The van der Waals surface area contributed by atoms with E-state index in [0.717, 1.165) is 16.5 Å². The van der Waals surface area contributed by atoms with E-state index in [0.29, 0.717) is 6.42 Å². The van der Waals surface area contributed by atoms with E-state index in [2.05, 4.69) is 133 Å². The topological polar surface area (TPSA) is 37.3 Å². The predicted octanol–water partition coefficient (Wildman–Crippen LogP) is 8.03. The van der Waals surface area contributed by atoms with Crippen molar-refractivity contribution in [1.82, 2.24) is 0 Å². The third-order valence-electron chi connectivity index (χ3n) is 7.78. The van der Waals surface area contributed by atoms with Gasteiger partial charge in [0.1, 0.15) is 0 Å². The van der Waals surface area contributed by atoms with Crippen LogP contribution in [0.3, 0.4) is 0 Å². The fraction of sp³-hybridized carbons (Fsp3) is 0.0541. The second-order valence-corrected chi connectivity index (χ2v) is 12.4. The molecule has 0 aliphatic heterocycles. The van der Waals surface area contributed by atoms with E-state index < -0.39 is 13.9 Å². The van der Waals surface area contributed by atoms with Gasteiger partial charge < -0.3 is 5.11 Å². The Labute approximate surface area is 234 Å². The number of carboxylic acids is 1. The second-order valence-electron chi connectivity index (χ2n) is 10.2. The molecule has 0 heterocycles. The van der Waals surface area contributed by atoms with Crippen LogP contribution >= 0.6 is 7.92 Å². The molecule has 7 rings (SSSR count). The fourth-order valence-electron chi connectivity index (χ4n) is 6.09. The van der Waals surface area contributed by atoms with Crippen LogP contribution < -0.4 is 15.9 Å². The van der Waals surface area contributed by atoms with Crippen LogP contribution in [-0.2, 0) is 11.2 Å². The summed E-state index contributed by atoms with van der Waals surface area (Å²) < 4.78 is 0. The molecule has 0 bridgehead atoms. The highest BCUT2D eigenvalue weighted by molar-refractivity contribution is 7.80. The van der Waals surface area contributed by atoms with Gasteiger partial charge in [0.05, 0.1) is 0 Å². The van der Waals surface area contributed by atoms with Crippen molar-refractivity contribution in [2.24, 2.45) is 0 Å². The number of carbonyl (C=O) groups is 1. The highest BCUT2D eigenvalue weighted by atomic mass is 31.1. The van der Waals surface area contributed by atoms with E-state index in [4.69, 9.17) is 0 Å². The van der Waals surface area contributed by atoms with Crippen molar-refractivity contribution in [3.8, 4) is 11.1 Å². The SMILES string of the molecule is O=C(O)CCc1cc2ccc3cccc4ccc(c1-c1ccccc1P(c1ccccc1)c1ccccc1)c2c34. The van der Waals surface area contributed by atoms with Crippen LogP contribution in [0.1, 0.15) is 12.0 Å². The van der Waals surface area contributed by atoms with Gasteiger partial charge >= 0.3 is 5.97 Å². The lowest BCUT2D eigenvalue weighted by molar-refractivity contribution is -0.136. The highest BCUT2D eigenvalue weighted by Crippen LogP contribution is 2.44. The molecule has 192 valence electrons. The Hall–Kier alpha value is -4.52. The highest BCUT2D eigenvalue weighted by Gasteiger charge is 2.23. The lowest BCUT2D eigenvalue weighted by atomic mass is 9.85. The number of benzene rings is 7. The smallest absolute Gasteiger partial charge is 0.303 e. The molecule has 0 aliphatic rings. The number of hydrogen-bond donors (Lipinski definition) is 1. The third-order valence-corrected chi connectivity index (χ3v) is 10.3. The summed E-state index contributed by atoms with van der Waals surface area (Å²) in [6.45, 7) is 0. The molecule has 0 unspecified atom stereocenters. The van der Waals surface area contributed by atoms with Gasteiger partial charge in [-0.05, 0) is 79.3 Å². The van der Waals surface area contributed by atoms with Gasteiger partial charge in [0.15, 0.2) is 0 Å². The fourth-order valence-corrected chi connectivity index (χ4v) is 8.55. The zero-order chi connectivity index (χ0) is 27.1. The van der Waals surface area contributed by atoms with Crippen LogP contribution in [0.25, 0.3) is 43.4 Å². The van der Waals surface area contributed by atoms with Crippen LogP contribution in [0.5, 0.6) is 0 Å². The van der Waals surface area contributed by atoms with Gasteiger partial charge in [0.25, 0.3) is 0 Å². The van der Waals surface area contributed by atoms with Gasteiger partial charge in [0.2, 0.25) is 0 Å². The van der Waals surface area contributed by atoms with E-state index in [-0.39, 0.29) is 6.42 Å². The summed E-state index contributed by atoms with van der Waals surface area (Å²) in [6.07, 6.45) is 0.568. The lowest BCUT2D eigenvalue weighted by Crippen LogP contribution is -2.22. The number of aliphatic carboxylic acids is 1. The summed E-state index contributed by atoms with van der Waals surface area (Å²) in [7, 11) is -0.845. The van der Waals surface area contributed by atoms with E-state index in [1.165, 1.54) is 48.4 Å². The number of carboxylic acid groups (broad SMARTS) is 1. The zero-order valence-electron chi connectivity index (χ0n) is 21.9. The maximum Gasteiger partial charge on any atom is 0.303 e. The molecule has 0 fully saturated rings. The number of hydrogen-bond acceptors (Lipinski definition) is 1. The van der Waals surface area contributed by atoms with Gasteiger partial charge in [-0.2, -0.15) is 0 Å². The summed E-state index contributed by atoms with van der Waals surface area (Å²) in [5.74, 6) is -0.778. The maximum atomic E-state index is 11.8. The standard InChI is InChI=1S/C37H27O2P/c38-34(39)23-21-27-24-28-19-18-25-10-9-11-26-20-22-32(37(28)35(25)26)36(27)31-16-7-8-17-33(31)40(29-12-3-1-4-13-29)30-14-5-2-6-15-30/h1-20,22,24H,21,23H2,(H,38,39). The maximum absolute atomic E-state index is 11.8. The van der Waals surface area contributed by atoms with E-state index >= 15 is 0 Å². The first-order valence-electron chi connectivity index (χ1n) is 13.6. The molecule has 0 aliphatic carbocycles. The molecule has 1 N–H and O–H groups in total. The Bertz CT molecular complexity index is 1920. The average molecular weight is 535 g/mol. The molecule has 40 heavy (non-hydrogen) atoms. The van der Waals surface area contributed by atoms with Gasteiger partial charge in [0, 0.05) is 6.42 Å². The van der Waals surface area contributed by atoms with Crippen LogP contribution in [0.4, 0.5) is 0 Å². The van der Waals surface area contributed by atoms with Crippen molar-refractivity contribution in [2.45, 2.75) is 12.8 Å². The van der Waals surface area contributed by atoms with Crippen LogP contribution in [0.2, 0.25) is 0 Å². The quantitative estimate of drug-likeness (QED) is 0.166. The Kier molecular flexibility index (Phi) is 6.27. The van der Waals surface area contributed by atoms with Crippen LogP contribution in [0.15, 0.2) is 133 Å². The van der Waals surface area contributed by atoms with Gasteiger partial charge in [-0.1, -0.05) is 133 Å². The van der Waals surface area contributed by atoms with E-state index in [9.17, 15) is 9.90 Å². The minimum atomic E-state index is -0.845. The van der Waals surface area contributed by atoms with Gasteiger partial charge in [-0.15, -0.1) is 0 Å². The first kappa shape index (κ1) is 24.5. The second kappa shape index (κ2) is 10.2. The first-order valence-corrected chi connectivity index (χ1v) is 14.9. The Morgan fingerprint density at radius 3 is 1.88 bits per heavy atom. The molecule has 0 aromatic heterocycles. The molecule has 0 radical (unpaired) electrons. The minimum Gasteiger partial charge on any atom is -0.481 e. The van der Waals surface area contributed by atoms with E-state index in [1.807, 2.05) is 0 Å². The average Bonchev–Trinajstić information content (AvgIpc) is 3.00. The molecule has 7 aromatic rings. The molecule has 7 aromatic carbocycles. The summed E-state index contributed by atoms with van der Waals surface area (Å²) in [5.41, 5.74) is 3.42. The molecule has 0 spiro atoms. The van der Waals surface area contributed by atoms with Crippen molar-refractivity contribution in [2.75, 3.05) is 0 Å². The predicted molar refractivity (Wildman–Crippen MR) is 170 cm³/mol. The molecular weight excluding hydrogens is 507 g/mol. The van der Waals surface area contributed by atoms with Crippen molar-refractivity contribution in [3.05, 3.63) is 139 Å². The number of rotatable bonds is 7. The van der Waals surface area contributed by atoms with Crippen molar-refractivity contribution >= 4 is 62.1 Å². The summed E-state index contributed by atoms with van der Waals surface area (Å²) in [4.78, 5) is 11.8. The minimum absolute atomic E-state index is 0.0921. The van der Waals surface area contributed by atoms with Crippen LogP contribution in [-0.4, -0.2) is 11.1 Å². The van der Waals surface area contributed by atoms with Crippen molar-refractivity contribution in [1.29, 1.82) is 0 Å². The van der Waals surface area contributed by atoms with Gasteiger partial charge in [-0.25, -0.2) is 0 Å². The normalized spacial score (nSPS) is 11.6. The molecule has 0 saturated heterocycles. The Morgan fingerprint density at radius 2 is 1.20 bits per heavy atom. The molecule has 0 amide bonds. The van der Waals surface area contributed by atoms with Crippen LogP contribution in [0, 0.1) is 0 Å². The zero-order valence-corrected chi connectivity index (χ0v) is 22.8. The summed E-state index contributed by atoms with van der Waals surface area (Å²) in [6, 6.07) is 47.8. The summed E-state index contributed by atoms with van der Waals surface area (Å²) >= 11 is 0.